The van der Waals surface area contributed by atoms with Crippen LogP contribution in [0.25, 0.3) is 0 Å². The van der Waals surface area contributed by atoms with Gasteiger partial charge < -0.3 is 5.32 Å². The predicted molar refractivity (Wildman–Crippen MR) is 82.9 cm³/mol. The normalized spacial score (nSPS) is 26.5. The van der Waals surface area contributed by atoms with E-state index in [-0.39, 0.29) is 23.4 Å². The summed E-state index contributed by atoms with van der Waals surface area (Å²) >= 11 is 4.52. The monoisotopic (exact) mass is 298 g/mol. The molecule has 2 rings (SSSR count). The Labute approximate surface area is 127 Å². The number of urea groups is 1. The van der Waals surface area contributed by atoms with E-state index < -0.39 is 0 Å². The number of imide groups is 1. The van der Waals surface area contributed by atoms with Gasteiger partial charge >= 0.3 is 6.03 Å². The Balaban J connectivity index is 2.06. The molecule has 1 heterocycles. The summed E-state index contributed by atoms with van der Waals surface area (Å²) in [5.74, 6) is 0.713. The largest absolute Gasteiger partial charge is 0.326 e. The first-order valence-corrected chi connectivity index (χ1v) is 8.48. The lowest BCUT2D eigenvalue weighted by Crippen LogP contribution is -2.42. The van der Waals surface area contributed by atoms with Crippen LogP contribution in [0.3, 0.4) is 0 Å². The van der Waals surface area contributed by atoms with Crippen LogP contribution < -0.4 is 5.32 Å². The van der Waals surface area contributed by atoms with Crippen molar-refractivity contribution in [2.75, 3.05) is 12.3 Å². The molecule has 0 radical (unpaired) electrons. The van der Waals surface area contributed by atoms with Crippen LogP contribution in [-0.2, 0) is 4.79 Å². The van der Waals surface area contributed by atoms with E-state index in [0.717, 1.165) is 31.4 Å². The van der Waals surface area contributed by atoms with E-state index in [1.807, 2.05) is 6.92 Å². The molecule has 1 saturated carbocycles. The van der Waals surface area contributed by atoms with Crippen LogP contribution in [0.4, 0.5) is 4.79 Å². The van der Waals surface area contributed by atoms with Crippen molar-refractivity contribution in [1.29, 1.82) is 0 Å². The van der Waals surface area contributed by atoms with Crippen molar-refractivity contribution in [2.24, 2.45) is 5.41 Å². The molecule has 20 heavy (non-hydrogen) atoms. The summed E-state index contributed by atoms with van der Waals surface area (Å²) < 4.78 is 0. The molecular formula is C15H26N2O2S. The van der Waals surface area contributed by atoms with Crippen molar-refractivity contribution in [3.8, 4) is 0 Å². The molecule has 5 heteroatoms. The minimum absolute atomic E-state index is 0.0215. The Kier molecular flexibility index (Phi) is 5.35. The van der Waals surface area contributed by atoms with Gasteiger partial charge in [-0.15, -0.1) is 0 Å². The van der Waals surface area contributed by atoms with Crippen LogP contribution >= 0.6 is 12.6 Å². The Morgan fingerprint density at radius 2 is 1.90 bits per heavy atom. The van der Waals surface area contributed by atoms with Crippen LogP contribution in [0, 0.1) is 5.41 Å². The number of rotatable bonds is 5. The van der Waals surface area contributed by atoms with Gasteiger partial charge in [-0.2, -0.15) is 12.6 Å². The minimum Gasteiger partial charge on any atom is -0.326 e. The average molecular weight is 298 g/mol. The van der Waals surface area contributed by atoms with E-state index in [9.17, 15) is 9.59 Å². The van der Waals surface area contributed by atoms with Gasteiger partial charge in [-0.25, -0.2) is 4.79 Å². The lowest BCUT2D eigenvalue weighted by molar-refractivity contribution is -0.128. The van der Waals surface area contributed by atoms with Crippen molar-refractivity contribution in [3.05, 3.63) is 0 Å². The molecule has 1 aliphatic carbocycles. The molecule has 4 nitrogen and oxygen atoms in total. The molecule has 1 atom stereocenters. The maximum atomic E-state index is 12.3. The molecule has 1 N–H and O–H groups in total. The zero-order chi connectivity index (χ0) is 14.6. The molecule has 114 valence electrons. The van der Waals surface area contributed by atoms with Gasteiger partial charge in [-0.05, 0) is 30.4 Å². The van der Waals surface area contributed by atoms with E-state index in [4.69, 9.17) is 0 Å². The van der Waals surface area contributed by atoms with Crippen molar-refractivity contribution in [1.82, 2.24) is 10.2 Å². The van der Waals surface area contributed by atoms with Gasteiger partial charge in [0.1, 0.15) is 6.04 Å². The zero-order valence-electron chi connectivity index (χ0n) is 12.4. The lowest BCUT2D eigenvalue weighted by Gasteiger charge is -2.34. The van der Waals surface area contributed by atoms with Gasteiger partial charge in [-0.1, -0.05) is 39.0 Å². The van der Waals surface area contributed by atoms with Crippen molar-refractivity contribution < 1.29 is 9.59 Å². The third kappa shape index (κ3) is 3.30. The van der Waals surface area contributed by atoms with Crippen LogP contribution in [-0.4, -0.2) is 35.2 Å². The maximum absolute atomic E-state index is 12.3. The molecule has 1 unspecified atom stereocenters. The molecule has 3 amide bonds. The molecule has 2 aliphatic rings. The summed E-state index contributed by atoms with van der Waals surface area (Å²) in [6, 6.07) is -0.519. The molecule has 0 aromatic rings. The van der Waals surface area contributed by atoms with E-state index in [2.05, 4.69) is 17.9 Å². The molecule has 0 spiro atoms. The van der Waals surface area contributed by atoms with E-state index in [0.29, 0.717) is 6.54 Å². The summed E-state index contributed by atoms with van der Waals surface area (Å²) in [6.45, 7) is 2.57. The van der Waals surface area contributed by atoms with Gasteiger partial charge in [-0.3, -0.25) is 9.69 Å². The number of carbonyl (C=O) groups is 2. The summed E-state index contributed by atoms with van der Waals surface area (Å²) in [6.07, 6.45) is 8.67. The van der Waals surface area contributed by atoms with Crippen LogP contribution in [0.1, 0.15) is 58.3 Å². The fourth-order valence-corrected chi connectivity index (χ4v) is 3.81. The van der Waals surface area contributed by atoms with E-state index in [1.54, 1.807) is 0 Å². The third-order valence-electron chi connectivity index (χ3n) is 4.68. The van der Waals surface area contributed by atoms with Gasteiger partial charge in [0.25, 0.3) is 5.91 Å². The van der Waals surface area contributed by atoms with Gasteiger partial charge in [0.05, 0.1) is 0 Å². The molecule has 0 bridgehead atoms. The second-order valence-corrected chi connectivity index (χ2v) is 6.60. The Morgan fingerprint density at radius 1 is 1.25 bits per heavy atom. The number of hydrogen-bond acceptors (Lipinski definition) is 3. The van der Waals surface area contributed by atoms with E-state index >= 15 is 0 Å². The first-order chi connectivity index (χ1) is 9.62. The second-order valence-electron chi connectivity index (χ2n) is 6.29. The smallest absolute Gasteiger partial charge is 0.324 e. The highest BCUT2D eigenvalue weighted by Gasteiger charge is 2.42. The number of carbonyl (C=O) groups excluding carboxylic acids is 2. The minimum atomic E-state index is -0.310. The fourth-order valence-electron chi connectivity index (χ4n) is 3.39. The van der Waals surface area contributed by atoms with Crippen LogP contribution in [0.2, 0.25) is 0 Å². The first kappa shape index (κ1) is 15.7. The Hall–Kier alpha value is -0.710. The molecule has 0 aromatic carbocycles. The number of nitrogens with one attached hydrogen (secondary N) is 1. The number of nitrogens with zero attached hydrogens (tertiary/aromatic N) is 1. The van der Waals surface area contributed by atoms with Crippen LogP contribution in [0.5, 0.6) is 0 Å². The molecule has 0 aromatic heterocycles. The van der Waals surface area contributed by atoms with Gasteiger partial charge in [0.2, 0.25) is 0 Å². The summed E-state index contributed by atoms with van der Waals surface area (Å²) in [5, 5.41) is 2.81. The van der Waals surface area contributed by atoms with Crippen LogP contribution in [0.15, 0.2) is 0 Å². The molecule has 1 aliphatic heterocycles. The number of amides is 3. The maximum Gasteiger partial charge on any atom is 0.324 e. The fraction of sp³-hybridized carbons (Fsp3) is 0.867. The SMILES string of the molecule is CCCC1NC(=O)N(CC2(CS)CCCCCC2)C1=O. The Morgan fingerprint density at radius 3 is 2.45 bits per heavy atom. The molecule has 2 fully saturated rings. The van der Waals surface area contributed by atoms with Gasteiger partial charge in [0, 0.05) is 6.54 Å². The molecular weight excluding hydrogens is 272 g/mol. The molecule has 1 saturated heterocycles. The van der Waals surface area contributed by atoms with Crippen molar-refractivity contribution in [2.45, 2.75) is 64.3 Å². The summed E-state index contributed by atoms with van der Waals surface area (Å²) in [5.41, 5.74) is 0.0215. The van der Waals surface area contributed by atoms with E-state index in [1.165, 1.54) is 30.6 Å². The summed E-state index contributed by atoms with van der Waals surface area (Å²) in [4.78, 5) is 25.8. The highest BCUT2D eigenvalue weighted by Crippen LogP contribution is 2.37. The van der Waals surface area contributed by atoms with Crippen molar-refractivity contribution in [3.63, 3.8) is 0 Å². The topological polar surface area (TPSA) is 49.4 Å². The Bertz CT molecular complexity index is 365. The zero-order valence-corrected chi connectivity index (χ0v) is 13.3. The highest BCUT2D eigenvalue weighted by atomic mass is 32.1. The average Bonchev–Trinajstić information content (AvgIpc) is 2.64. The number of thiol groups is 1. The summed E-state index contributed by atoms with van der Waals surface area (Å²) in [7, 11) is 0. The quantitative estimate of drug-likeness (QED) is 0.466. The van der Waals surface area contributed by atoms with Gasteiger partial charge in [0.15, 0.2) is 0 Å². The first-order valence-electron chi connectivity index (χ1n) is 7.84. The lowest BCUT2D eigenvalue weighted by atomic mass is 9.81. The highest BCUT2D eigenvalue weighted by molar-refractivity contribution is 7.80. The third-order valence-corrected chi connectivity index (χ3v) is 5.35. The second kappa shape index (κ2) is 6.83. The number of hydrogen-bond donors (Lipinski definition) is 2. The predicted octanol–water partition coefficient (Wildman–Crippen LogP) is 2.98. The standard InChI is InChI=1S/C15H26N2O2S/c1-2-7-12-13(18)17(14(19)16-12)10-15(11-20)8-5-3-4-6-9-15/h12,20H,2-11H2,1H3,(H,16,19). The van der Waals surface area contributed by atoms with Crippen molar-refractivity contribution >= 4 is 24.6 Å².